The third-order valence-corrected chi connectivity index (χ3v) is 3.04. The zero-order valence-electron chi connectivity index (χ0n) is 9.98. The van der Waals surface area contributed by atoms with Gasteiger partial charge in [0.1, 0.15) is 0 Å². The summed E-state index contributed by atoms with van der Waals surface area (Å²) in [6.07, 6.45) is 5.17. The first-order chi connectivity index (χ1) is 7.83. The molecule has 1 aromatic heterocycles. The van der Waals surface area contributed by atoms with Gasteiger partial charge in [0.15, 0.2) is 5.76 Å². The molecule has 0 radical (unpaired) electrons. The van der Waals surface area contributed by atoms with E-state index in [1.54, 1.807) is 0 Å². The second-order valence-corrected chi connectivity index (χ2v) is 4.54. The number of hydrogen-bond acceptors (Lipinski definition) is 4. The lowest BCUT2D eigenvalue weighted by Crippen LogP contribution is -2.26. The van der Waals surface area contributed by atoms with E-state index in [0.29, 0.717) is 6.54 Å². The van der Waals surface area contributed by atoms with Gasteiger partial charge < -0.3 is 10.3 Å². The first kappa shape index (κ1) is 11.6. The topological polar surface area (TPSA) is 55.3 Å². The average molecular weight is 223 g/mol. The third kappa shape index (κ3) is 3.06. The highest BCUT2D eigenvalue weighted by Crippen LogP contribution is 2.28. The molecule has 4 nitrogen and oxygen atoms in total. The number of rotatable bonds is 7. The molecule has 0 saturated heterocycles. The molecule has 1 saturated carbocycles. The Labute approximate surface area is 96.8 Å². The molecule has 2 N–H and O–H groups in total. The summed E-state index contributed by atoms with van der Waals surface area (Å²) >= 11 is 0. The zero-order chi connectivity index (χ0) is 11.4. The molecule has 16 heavy (non-hydrogen) atoms. The van der Waals surface area contributed by atoms with Crippen LogP contribution in [0.25, 0.3) is 0 Å². The maximum Gasteiger partial charge on any atom is 0.151 e. The Hall–Kier alpha value is -0.870. The van der Waals surface area contributed by atoms with Crippen molar-refractivity contribution in [3.63, 3.8) is 0 Å². The highest BCUT2D eigenvalue weighted by atomic mass is 16.5. The standard InChI is InChI=1S/C12H21N3O/c1-2-3-6-15(11-4-5-11)9-12-7-10(8-13)14-16-12/h7,11H,2-6,8-9,13H2,1H3. The van der Waals surface area contributed by atoms with Crippen molar-refractivity contribution in [1.29, 1.82) is 0 Å². The summed E-state index contributed by atoms with van der Waals surface area (Å²) in [7, 11) is 0. The van der Waals surface area contributed by atoms with E-state index in [0.717, 1.165) is 24.0 Å². The summed E-state index contributed by atoms with van der Waals surface area (Å²) in [4.78, 5) is 2.50. The van der Waals surface area contributed by atoms with E-state index in [4.69, 9.17) is 10.3 Å². The molecule has 90 valence electrons. The molecule has 1 aliphatic rings. The van der Waals surface area contributed by atoms with Gasteiger partial charge in [-0.15, -0.1) is 0 Å². The Bertz CT molecular complexity index is 320. The minimum atomic E-state index is 0.460. The van der Waals surface area contributed by atoms with E-state index in [1.807, 2.05) is 6.07 Å². The fourth-order valence-corrected chi connectivity index (χ4v) is 1.92. The van der Waals surface area contributed by atoms with E-state index in [2.05, 4.69) is 17.0 Å². The molecular formula is C12H21N3O. The predicted octanol–water partition coefficient (Wildman–Crippen LogP) is 1.90. The van der Waals surface area contributed by atoms with Crippen LogP contribution in [0.15, 0.2) is 10.6 Å². The molecule has 0 atom stereocenters. The average Bonchev–Trinajstić information content (AvgIpc) is 3.05. The highest BCUT2D eigenvalue weighted by molar-refractivity contribution is 5.05. The summed E-state index contributed by atoms with van der Waals surface area (Å²) in [5.41, 5.74) is 6.36. The van der Waals surface area contributed by atoms with Crippen molar-refractivity contribution in [3.8, 4) is 0 Å². The molecule has 0 bridgehead atoms. The molecule has 1 aromatic rings. The van der Waals surface area contributed by atoms with Crippen molar-refractivity contribution in [2.75, 3.05) is 6.54 Å². The van der Waals surface area contributed by atoms with Gasteiger partial charge in [0.05, 0.1) is 12.2 Å². The van der Waals surface area contributed by atoms with Crippen LogP contribution in [0.5, 0.6) is 0 Å². The van der Waals surface area contributed by atoms with Gasteiger partial charge in [-0.3, -0.25) is 4.90 Å². The molecule has 0 aromatic carbocycles. The summed E-state index contributed by atoms with van der Waals surface area (Å²) in [5.74, 6) is 0.948. The highest BCUT2D eigenvalue weighted by Gasteiger charge is 2.29. The van der Waals surface area contributed by atoms with Crippen LogP contribution in [0, 0.1) is 0 Å². The number of aromatic nitrogens is 1. The van der Waals surface area contributed by atoms with Gasteiger partial charge >= 0.3 is 0 Å². The van der Waals surface area contributed by atoms with Crippen molar-refractivity contribution in [3.05, 3.63) is 17.5 Å². The molecule has 0 spiro atoms. The van der Waals surface area contributed by atoms with Crippen LogP contribution >= 0.6 is 0 Å². The van der Waals surface area contributed by atoms with Crippen LogP contribution in [0.1, 0.15) is 44.1 Å². The van der Waals surface area contributed by atoms with Crippen molar-refractivity contribution < 1.29 is 4.52 Å². The van der Waals surface area contributed by atoms with Crippen LogP contribution in [0.2, 0.25) is 0 Å². The van der Waals surface area contributed by atoms with E-state index in [1.165, 1.54) is 32.2 Å². The minimum Gasteiger partial charge on any atom is -0.360 e. The van der Waals surface area contributed by atoms with Gasteiger partial charge in [0.25, 0.3) is 0 Å². The first-order valence-electron chi connectivity index (χ1n) is 6.22. The lowest BCUT2D eigenvalue weighted by molar-refractivity contribution is 0.218. The van der Waals surface area contributed by atoms with E-state index in [-0.39, 0.29) is 0 Å². The van der Waals surface area contributed by atoms with Crippen LogP contribution < -0.4 is 5.73 Å². The monoisotopic (exact) mass is 223 g/mol. The van der Waals surface area contributed by atoms with Crippen LogP contribution in [0.3, 0.4) is 0 Å². The van der Waals surface area contributed by atoms with Gasteiger partial charge in [-0.1, -0.05) is 18.5 Å². The number of nitrogens with two attached hydrogens (primary N) is 1. The van der Waals surface area contributed by atoms with Crippen molar-refractivity contribution >= 4 is 0 Å². The van der Waals surface area contributed by atoms with Crippen molar-refractivity contribution in [2.45, 2.75) is 51.7 Å². The maximum absolute atomic E-state index is 5.51. The van der Waals surface area contributed by atoms with Crippen molar-refractivity contribution in [1.82, 2.24) is 10.1 Å². The molecule has 2 rings (SSSR count). The van der Waals surface area contributed by atoms with E-state index >= 15 is 0 Å². The third-order valence-electron chi connectivity index (χ3n) is 3.04. The van der Waals surface area contributed by atoms with E-state index < -0.39 is 0 Å². The summed E-state index contributed by atoms with van der Waals surface area (Å²) < 4.78 is 5.27. The molecular weight excluding hydrogens is 202 g/mol. The first-order valence-corrected chi connectivity index (χ1v) is 6.22. The maximum atomic E-state index is 5.51. The molecule has 1 aliphatic carbocycles. The minimum absolute atomic E-state index is 0.460. The Balaban J connectivity index is 1.88. The fraction of sp³-hybridized carbons (Fsp3) is 0.750. The number of unbranched alkanes of at least 4 members (excludes halogenated alkanes) is 1. The number of hydrogen-bond donors (Lipinski definition) is 1. The second kappa shape index (κ2) is 5.46. The number of nitrogens with zero attached hydrogens (tertiary/aromatic N) is 2. The summed E-state index contributed by atoms with van der Waals surface area (Å²) in [6.45, 7) is 4.74. The SMILES string of the molecule is CCCCN(Cc1cc(CN)no1)C1CC1. The zero-order valence-corrected chi connectivity index (χ0v) is 9.98. The molecule has 1 fully saturated rings. The Kier molecular flexibility index (Phi) is 3.96. The lowest BCUT2D eigenvalue weighted by atomic mass is 10.3. The molecule has 0 amide bonds. The Morgan fingerprint density at radius 1 is 1.56 bits per heavy atom. The molecule has 0 unspecified atom stereocenters. The second-order valence-electron chi connectivity index (χ2n) is 4.54. The fourth-order valence-electron chi connectivity index (χ4n) is 1.92. The van der Waals surface area contributed by atoms with Gasteiger partial charge in [-0.2, -0.15) is 0 Å². The molecule has 0 aliphatic heterocycles. The predicted molar refractivity (Wildman–Crippen MR) is 62.7 cm³/mol. The van der Waals surface area contributed by atoms with Gasteiger partial charge in [0, 0.05) is 18.7 Å². The summed E-state index contributed by atoms with van der Waals surface area (Å²) in [5, 5.41) is 3.92. The van der Waals surface area contributed by atoms with Crippen LogP contribution in [-0.2, 0) is 13.1 Å². The van der Waals surface area contributed by atoms with Gasteiger partial charge in [0.2, 0.25) is 0 Å². The van der Waals surface area contributed by atoms with Crippen LogP contribution in [-0.4, -0.2) is 22.6 Å². The molecule has 1 heterocycles. The van der Waals surface area contributed by atoms with Gasteiger partial charge in [-0.05, 0) is 25.8 Å². The largest absolute Gasteiger partial charge is 0.360 e. The smallest absolute Gasteiger partial charge is 0.151 e. The quantitative estimate of drug-likeness (QED) is 0.767. The van der Waals surface area contributed by atoms with E-state index in [9.17, 15) is 0 Å². The van der Waals surface area contributed by atoms with Crippen LogP contribution in [0.4, 0.5) is 0 Å². The molecule has 4 heteroatoms. The Morgan fingerprint density at radius 2 is 2.38 bits per heavy atom. The normalized spacial score (nSPS) is 15.9. The summed E-state index contributed by atoms with van der Waals surface area (Å²) in [6, 6.07) is 2.75. The lowest BCUT2D eigenvalue weighted by Gasteiger charge is -2.19. The van der Waals surface area contributed by atoms with Crippen molar-refractivity contribution in [2.24, 2.45) is 5.73 Å². The Morgan fingerprint density at radius 3 is 2.94 bits per heavy atom. The van der Waals surface area contributed by atoms with Gasteiger partial charge in [-0.25, -0.2) is 0 Å².